The number of halogens is 1. The lowest BCUT2D eigenvalue weighted by atomic mass is 10.2. The topological polar surface area (TPSA) is 125 Å². The second-order valence-electron chi connectivity index (χ2n) is 2.37. The van der Waals surface area contributed by atoms with Gasteiger partial charge in [-0.25, -0.2) is 9.59 Å². The van der Waals surface area contributed by atoms with Crippen LogP contribution >= 0.6 is 0 Å². The van der Waals surface area contributed by atoms with Gasteiger partial charge in [-0.3, -0.25) is 20.2 Å². The van der Waals surface area contributed by atoms with Crippen LogP contribution in [-0.4, -0.2) is 29.8 Å². The van der Waals surface area contributed by atoms with Crippen LogP contribution in [0, 0.1) is 11.2 Å². The summed E-state index contributed by atoms with van der Waals surface area (Å²) in [6, 6.07) is 0. The summed E-state index contributed by atoms with van der Waals surface area (Å²) in [7, 11) is 4.67. The predicted molar refractivity (Wildman–Crippen MR) is 48.2 cm³/mol. The highest BCUT2D eigenvalue weighted by Gasteiger charge is 2.15. The van der Waals surface area contributed by atoms with Crippen molar-refractivity contribution in [3.05, 3.63) is 26.7 Å². The fraction of sp³-hybridized carbons (Fsp3) is 0. The van der Waals surface area contributed by atoms with Crippen molar-refractivity contribution in [3.63, 3.8) is 0 Å². The molecule has 0 unspecified atom stereocenters. The summed E-state index contributed by atoms with van der Waals surface area (Å²) in [5.41, 5.74) is -2.44. The summed E-state index contributed by atoms with van der Waals surface area (Å²) in [6.45, 7) is 0. The third kappa shape index (κ3) is 2.80. The van der Waals surface area contributed by atoms with Gasteiger partial charge >= 0.3 is 11.8 Å². The molecule has 2 radical (unpaired) electrons. The Labute approximate surface area is 87.3 Å². The Morgan fingerprint density at radius 2 is 2.00 bits per heavy atom. The molecule has 0 bridgehead atoms. The zero-order valence-electron chi connectivity index (χ0n) is 7.50. The molecule has 1 aromatic rings. The van der Waals surface area contributed by atoms with Crippen LogP contribution in [0.4, 0.5) is 9.18 Å². The Hall–Kier alpha value is -2.39. The number of nitrogens with one attached hydrogen (secondary N) is 3. The number of rotatable bonds is 1. The molecule has 0 fully saturated rings. The second kappa shape index (κ2) is 4.42. The van der Waals surface area contributed by atoms with Gasteiger partial charge in [0.25, 0.3) is 11.4 Å². The molecule has 16 heavy (non-hydrogen) atoms. The lowest BCUT2D eigenvalue weighted by molar-refractivity contribution is 0.145. The summed E-state index contributed by atoms with van der Waals surface area (Å²) in [5, 5.41) is 6.55. The molecule has 0 saturated carbocycles. The minimum atomic E-state index is -1.56. The number of carbonyl (C=O) groups is 1. The van der Waals surface area contributed by atoms with Gasteiger partial charge in [-0.2, -0.15) is 4.39 Å². The molecule has 0 saturated heterocycles. The molecule has 0 spiro atoms. The van der Waals surface area contributed by atoms with Crippen LogP contribution in [0.2, 0.25) is 0 Å². The van der Waals surface area contributed by atoms with Gasteiger partial charge in [-0.05, 0) is 0 Å². The van der Waals surface area contributed by atoms with Crippen molar-refractivity contribution in [3.8, 4) is 5.88 Å². The van der Waals surface area contributed by atoms with Crippen molar-refractivity contribution in [1.29, 1.82) is 5.41 Å². The zero-order valence-corrected chi connectivity index (χ0v) is 7.50. The molecule has 1 heterocycles. The fourth-order valence-electron chi connectivity index (χ4n) is 0.715. The normalized spacial score (nSPS) is 9.56. The van der Waals surface area contributed by atoms with Crippen molar-refractivity contribution in [2.75, 3.05) is 0 Å². The molecular weight excluding hydrogens is 224 g/mol. The van der Waals surface area contributed by atoms with Gasteiger partial charge in [0.1, 0.15) is 5.80 Å². The Kier molecular flexibility index (Phi) is 3.23. The molecule has 0 aliphatic carbocycles. The highest BCUT2D eigenvalue weighted by Crippen LogP contribution is 2.05. The van der Waals surface area contributed by atoms with E-state index in [1.165, 1.54) is 0 Å². The van der Waals surface area contributed by atoms with Gasteiger partial charge in [0, 0.05) is 0 Å². The average molecular weight is 227 g/mol. The maximum atomic E-state index is 12.9. The smallest absolute Gasteiger partial charge is 0.393 e. The van der Waals surface area contributed by atoms with Crippen molar-refractivity contribution < 1.29 is 18.7 Å². The first-order valence-electron chi connectivity index (χ1n) is 3.66. The van der Waals surface area contributed by atoms with Crippen LogP contribution in [0.3, 0.4) is 0 Å². The zero-order chi connectivity index (χ0) is 12.3. The summed E-state index contributed by atoms with van der Waals surface area (Å²) in [5.74, 6) is -3.53. The van der Waals surface area contributed by atoms with E-state index in [9.17, 15) is 18.8 Å². The molecule has 0 atom stereocenters. The van der Waals surface area contributed by atoms with Crippen LogP contribution in [-0.2, 0) is 4.74 Å². The number of carbonyl (C=O) groups excluding carboxylic acids is 1. The predicted octanol–water partition coefficient (Wildman–Crippen LogP) is -1.18. The molecule has 0 aliphatic rings. The summed E-state index contributed by atoms with van der Waals surface area (Å²) < 4.78 is 20.9. The van der Waals surface area contributed by atoms with E-state index in [0.717, 1.165) is 0 Å². The number of aromatic nitrogens is 2. The van der Waals surface area contributed by atoms with E-state index >= 15 is 0 Å². The SMILES string of the molecule is [B]C(=N)OC(=O)Oc1[nH]c(=O)[nH]c(=O)c1F. The van der Waals surface area contributed by atoms with E-state index in [1.54, 1.807) is 9.97 Å². The molecular formula is C6H3BFN3O5. The van der Waals surface area contributed by atoms with Crippen molar-refractivity contribution >= 4 is 19.8 Å². The fourth-order valence-corrected chi connectivity index (χ4v) is 0.715. The lowest BCUT2D eigenvalue weighted by Gasteiger charge is -2.03. The molecule has 0 amide bonds. The first-order valence-corrected chi connectivity index (χ1v) is 3.66. The van der Waals surface area contributed by atoms with E-state index in [1.807, 2.05) is 0 Å². The number of H-pyrrole nitrogens is 2. The third-order valence-electron chi connectivity index (χ3n) is 1.23. The molecule has 82 valence electrons. The van der Waals surface area contributed by atoms with Crippen LogP contribution in [0.5, 0.6) is 5.88 Å². The lowest BCUT2D eigenvalue weighted by Crippen LogP contribution is -2.27. The molecule has 10 heteroatoms. The maximum absolute atomic E-state index is 12.9. The van der Waals surface area contributed by atoms with E-state index < -0.39 is 34.9 Å². The minimum absolute atomic E-state index is 0.988. The Balaban J connectivity index is 2.98. The number of hydrogen-bond donors (Lipinski definition) is 3. The van der Waals surface area contributed by atoms with Gasteiger partial charge < -0.3 is 9.47 Å². The van der Waals surface area contributed by atoms with Crippen LogP contribution in [0.15, 0.2) is 9.59 Å². The van der Waals surface area contributed by atoms with Gasteiger partial charge in [0.15, 0.2) is 7.85 Å². The van der Waals surface area contributed by atoms with Crippen molar-refractivity contribution in [2.45, 2.75) is 0 Å². The summed E-state index contributed by atoms with van der Waals surface area (Å²) in [6.07, 6.45) is -1.56. The molecule has 0 aliphatic heterocycles. The van der Waals surface area contributed by atoms with E-state index in [2.05, 4.69) is 17.3 Å². The molecule has 3 N–H and O–H groups in total. The van der Waals surface area contributed by atoms with E-state index in [0.29, 0.717) is 0 Å². The van der Waals surface area contributed by atoms with Gasteiger partial charge in [0.2, 0.25) is 5.82 Å². The molecule has 0 aromatic carbocycles. The Morgan fingerprint density at radius 3 is 2.56 bits per heavy atom. The Bertz CT molecular complexity index is 550. The first-order chi connectivity index (χ1) is 7.40. The monoisotopic (exact) mass is 227 g/mol. The Morgan fingerprint density at radius 1 is 1.38 bits per heavy atom. The van der Waals surface area contributed by atoms with Gasteiger partial charge in [-0.15, -0.1) is 0 Å². The summed E-state index contributed by atoms with van der Waals surface area (Å²) in [4.78, 5) is 35.4. The highest BCUT2D eigenvalue weighted by atomic mass is 19.1. The van der Waals surface area contributed by atoms with Crippen LogP contribution in [0.1, 0.15) is 0 Å². The standard InChI is InChI=1S/C6H3BFN3O5/c7-4(9)16-6(14)15-3-1(8)2(12)10-5(13)11-3/h9H,(H2,10,11,12,13). The second-order valence-corrected chi connectivity index (χ2v) is 2.37. The highest BCUT2D eigenvalue weighted by molar-refractivity contribution is 6.56. The number of ether oxygens (including phenoxy) is 2. The summed E-state index contributed by atoms with van der Waals surface area (Å²) >= 11 is 0. The van der Waals surface area contributed by atoms with E-state index in [4.69, 9.17) is 5.41 Å². The molecule has 8 nitrogen and oxygen atoms in total. The quantitative estimate of drug-likeness (QED) is 0.241. The molecule has 1 rings (SSSR count). The van der Waals surface area contributed by atoms with Crippen LogP contribution < -0.4 is 16.0 Å². The average Bonchev–Trinajstić information content (AvgIpc) is 2.11. The van der Waals surface area contributed by atoms with Gasteiger partial charge in [0.05, 0.1) is 0 Å². The van der Waals surface area contributed by atoms with Crippen molar-refractivity contribution in [2.24, 2.45) is 0 Å². The number of hydrogen-bond acceptors (Lipinski definition) is 6. The van der Waals surface area contributed by atoms with Crippen LogP contribution in [0.25, 0.3) is 0 Å². The van der Waals surface area contributed by atoms with Crippen molar-refractivity contribution in [1.82, 2.24) is 9.97 Å². The van der Waals surface area contributed by atoms with E-state index in [-0.39, 0.29) is 0 Å². The van der Waals surface area contributed by atoms with Gasteiger partial charge in [-0.1, -0.05) is 0 Å². The minimum Gasteiger partial charge on any atom is -0.393 e. The first kappa shape index (κ1) is 11.7. The largest absolute Gasteiger partial charge is 0.521 e. The maximum Gasteiger partial charge on any atom is 0.521 e. The third-order valence-corrected chi connectivity index (χ3v) is 1.23. The molecule has 1 aromatic heterocycles. The number of aromatic amines is 2.